The van der Waals surface area contributed by atoms with E-state index in [1.54, 1.807) is 24.3 Å². The topological polar surface area (TPSA) is 84.9 Å². The number of carbonyl (C=O) groups is 2. The normalized spacial score (nSPS) is 17.0. The molecule has 0 saturated carbocycles. The lowest BCUT2D eigenvalue weighted by molar-refractivity contribution is 0.0702. The molecule has 6 nitrogen and oxygen atoms in total. The van der Waals surface area contributed by atoms with Crippen molar-refractivity contribution in [1.82, 2.24) is 0 Å². The zero-order valence-electron chi connectivity index (χ0n) is 12.2. The lowest BCUT2D eigenvalue weighted by atomic mass is 10.2. The Balaban J connectivity index is 1.60. The first kappa shape index (κ1) is 15.5. The van der Waals surface area contributed by atoms with Gasteiger partial charge in [-0.15, -0.1) is 11.3 Å². The van der Waals surface area contributed by atoms with Gasteiger partial charge in [0.2, 0.25) is 0 Å². The fraction of sp³-hybridized carbons (Fsp3) is 0.250. The van der Waals surface area contributed by atoms with Crippen molar-refractivity contribution in [2.24, 2.45) is 0 Å². The van der Waals surface area contributed by atoms with Crippen molar-refractivity contribution >= 4 is 28.9 Å². The lowest BCUT2D eigenvalue weighted by Crippen LogP contribution is -2.15. The van der Waals surface area contributed by atoms with E-state index in [1.165, 1.54) is 12.1 Å². The summed E-state index contributed by atoms with van der Waals surface area (Å²) in [4.78, 5) is 23.4. The maximum Gasteiger partial charge on any atom is 0.345 e. The Kier molecular flexibility index (Phi) is 4.59. The van der Waals surface area contributed by atoms with Gasteiger partial charge in [-0.05, 0) is 36.4 Å². The number of rotatable bonds is 5. The molecule has 3 rings (SSSR count). The molecule has 0 radical (unpaired) electrons. The monoisotopic (exact) mass is 333 g/mol. The number of benzene rings is 1. The molecule has 23 heavy (non-hydrogen) atoms. The van der Waals surface area contributed by atoms with E-state index in [1.807, 2.05) is 0 Å². The van der Waals surface area contributed by atoms with Gasteiger partial charge >= 0.3 is 5.97 Å². The molecule has 120 valence electrons. The van der Waals surface area contributed by atoms with E-state index in [0.29, 0.717) is 17.2 Å². The average Bonchev–Trinajstić information content (AvgIpc) is 3.20. The minimum atomic E-state index is -1.04. The van der Waals surface area contributed by atoms with Gasteiger partial charge < -0.3 is 19.9 Å². The Morgan fingerprint density at radius 2 is 1.91 bits per heavy atom. The van der Waals surface area contributed by atoms with Crippen LogP contribution in [0.4, 0.5) is 5.69 Å². The van der Waals surface area contributed by atoms with Gasteiger partial charge in [0.05, 0.1) is 18.1 Å². The molecule has 1 saturated heterocycles. The van der Waals surface area contributed by atoms with Crippen LogP contribution in [0.5, 0.6) is 5.75 Å². The van der Waals surface area contributed by atoms with Crippen LogP contribution in [0, 0.1) is 0 Å². The average molecular weight is 333 g/mol. The van der Waals surface area contributed by atoms with Crippen LogP contribution < -0.4 is 10.1 Å². The molecular weight excluding hydrogens is 318 g/mol. The van der Waals surface area contributed by atoms with Crippen LogP contribution in [-0.2, 0) is 4.74 Å². The Morgan fingerprint density at radius 1 is 1.17 bits per heavy atom. The van der Waals surface area contributed by atoms with Crippen molar-refractivity contribution in [1.29, 1.82) is 0 Å². The summed E-state index contributed by atoms with van der Waals surface area (Å²) < 4.78 is 11.0. The summed E-state index contributed by atoms with van der Waals surface area (Å²) >= 11 is 0.943. The minimum Gasteiger partial charge on any atom is -0.488 e. The molecule has 1 aromatic heterocycles. The van der Waals surface area contributed by atoms with Gasteiger partial charge in [-0.2, -0.15) is 0 Å². The quantitative estimate of drug-likeness (QED) is 0.879. The highest BCUT2D eigenvalue weighted by Crippen LogP contribution is 2.21. The maximum absolute atomic E-state index is 12.1. The number of aromatic carboxylic acids is 1. The van der Waals surface area contributed by atoms with Crippen LogP contribution in [0.15, 0.2) is 36.4 Å². The van der Waals surface area contributed by atoms with Gasteiger partial charge in [0, 0.05) is 12.1 Å². The van der Waals surface area contributed by atoms with E-state index < -0.39 is 5.97 Å². The first-order valence-corrected chi connectivity index (χ1v) is 7.92. The summed E-state index contributed by atoms with van der Waals surface area (Å²) in [6, 6.07) is 9.98. The van der Waals surface area contributed by atoms with Crippen molar-refractivity contribution in [3.05, 3.63) is 46.2 Å². The molecule has 7 heteroatoms. The van der Waals surface area contributed by atoms with E-state index in [9.17, 15) is 9.59 Å². The van der Waals surface area contributed by atoms with E-state index in [4.69, 9.17) is 14.6 Å². The molecule has 1 amide bonds. The number of nitrogens with one attached hydrogen (secondary N) is 1. The number of carbonyl (C=O) groups excluding carboxylic acids is 1. The summed E-state index contributed by atoms with van der Waals surface area (Å²) in [5.41, 5.74) is 0.621. The molecule has 2 aromatic rings. The lowest BCUT2D eigenvalue weighted by Gasteiger charge is -2.12. The molecule has 0 unspecified atom stereocenters. The van der Waals surface area contributed by atoms with Gasteiger partial charge in [0.15, 0.2) is 0 Å². The van der Waals surface area contributed by atoms with Crippen molar-refractivity contribution in [3.8, 4) is 5.75 Å². The molecule has 1 aromatic carbocycles. The number of anilines is 1. The SMILES string of the molecule is O=C(O)c1ccc(C(=O)Nc2ccc(O[C@@H]3CCOC3)cc2)s1. The summed E-state index contributed by atoms with van der Waals surface area (Å²) in [6.07, 6.45) is 0.957. The molecule has 2 N–H and O–H groups in total. The van der Waals surface area contributed by atoms with Gasteiger partial charge in [-0.3, -0.25) is 4.79 Å². The Labute approximate surface area is 136 Å². The van der Waals surface area contributed by atoms with Crippen LogP contribution >= 0.6 is 11.3 Å². The van der Waals surface area contributed by atoms with Crippen LogP contribution in [0.2, 0.25) is 0 Å². The number of hydrogen-bond acceptors (Lipinski definition) is 5. The summed E-state index contributed by atoms with van der Waals surface area (Å²) in [5.74, 6) is -0.644. The number of hydrogen-bond donors (Lipinski definition) is 2. The van der Waals surface area contributed by atoms with Crippen LogP contribution in [0.25, 0.3) is 0 Å². The predicted molar refractivity (Wildman–Crippen MR) is 85.5 cm³/mol. The van der Waals surface area contributed by atoms with Crippen molar-refractivity contribution < 1.29 is 24.2 Å². The summed E-state index contributed by atoms with van der Waals surface area (Å²) in [7, 11) is 0. The molecular formula is C16H15NO5S. The number of carboxylic acids is 1. The standard InChI is InChI=1S/C16H15NO5S/c18-15(13-5-6-14(23-13)16(19)20)17-10-1-3-11(4-2-10)22-12-7-8-21-9-12/h1-6,12H,7-9H2,(H,17,18)(H,19,20)/t12-/m1/s1. The predicted octanol–water partition coefficient (Wildman–Crippen LogP) is 2.87. The first-order chi connectivity index (χ1) is 11.1. The fourth-order valence-electron chi connectivity index (χ4n) is 2.18. The molecule has 1 aliphatic rings. The van der Waals surface area contributed by atoms with E-state index in [2.05, 4.69) is 5.32 Å². The van der Waals surface area contributed by atoms with Gasteiger partial charge in [-0.25, -0.2) is 4.79 Å². The fourth-order valence-corrected chi connectivity index (χ4v) is 2.92. The zero-order valence-corrected chi connectivity index (χ0v) is 13.0. The van der Waals surface area contributed by atoms with E-state index in [0.717, 1.165) is 30.1 Å². The molecule has 1 aliphatic heterocycles. The highest BCUT2D eigenvalue weighted by molar-refractivity contribution is 7.15. The van der Waals surface area contributed by atoms with Gasteiger partial charge in [0.1, 0.15) is 16.7 Å². The van der Waals surface area contributed by atoms with Gasteiger partial charge in [0.25, 0.3) is 5.91 Å². The summed E-state index contributed by atoms with van der Waals surface area (Å²) in [6.45, 7) is 1.32. The molecule has 0 aliphatic carbocycles. The third-order valence-corrected chi connectivity index (χ3v) is 4.42. The van der Waals surface area contributed by atoms with E-state index in [-0.39, 0.29) is 16.9 Å². The van der Waals surface area contributed by atoms with Crippen molar-refractivity contribution in [2.75, 3.05) is 18.5 Å². The second-order valence-corrected chi connectivity index (χ2v) is 6.13. The second kappa shape index (κ2) is 6.80. The maximum atomic E-state index is 12.1. The zero-order chi connectivity index (χ0) is 16.2. The largest absolute Gasteiger partial charge is 0.488 e. The Bertz CT molecular complexity index is 704. The minimum absolute atomic E-state index is 0.0796. The van der Waals surface area contributed by atoms with Crippen LogP contribution in [-0.4, -0.2) is 36.3 Å². The van der Waals surface area contributed by atoms with E-state index >= 15 is 0 Å². The molecule has 0 bridgehead atoms. The van der Waals surface area contributed by atoms with Crippen molar-refractivity contribution in [3.63, 3.8) is 0 Å². The smallest absolute Gasteiger partial charge is 0.345 e. The van der Waals surface area contributed by atoms with Crippen LogP contribution in [0.3, 0.4) is 0 Å². The first-order valence-electron chi connectivity index (χ1n) is 7.11. The third-order valence-electron chi connectivity index (χ3n) is 3.34. The van der Waals surface area contributed by atoms with Crippen molar-refractivity contribution in [2.45, 2.75) is 12.5 Å². The number of carboxylic acid groups (broad SMARTS) is 1. The highest BCUT2D eigenvalue weighted by atomic mass is 32.1. The number of amides is 1. The molecule has 1 fully saturated rings. The number of ether oxygens (including phenoxy) is 2. The number of thiophene rings is 1. The molecule has 2 heterocycles. The van der Waals surface area contributed by atoms with Gasteiger partial charge in [-0.1, -0.05) is 0 Å². The third kappa shape index (κ3) is 3.88. The summed E-state index contributed by atoms with van der Waals surface area (Å²) in [5, 5.41) is 11.6. The Hall–Kier alpha value is -2.38. The molecule has 0 spiro atoms. The molecule has 1 atom stereocenters. The highest BCUT2D eigenvalue weighted by Gasteiger charge is 2.17. The van der Waals surface area contributed by atoms with Crippen LogP contribution in [0.1, 0.15) is 25.8 Å². The Morgan fingerprint density at radius 3 is 2.52 bits per heavy atom. The second-order valence-electron chi connectivity index (χ2n) is 5.05.